The first-order valence-corrected chi connectivity index (χ1v) is 6.04. The minimum absolute atomic E-state index is 0.264. The second-order valence-corrected chi connectivity index (χ2v) is 4.60. The van der Waals surface area contributed by atoms with Gasteiger partial charge < -0.3 is 14.6 Å². The van der Waals surface area contributed by atoms with E-state index >= 15 is 0 Å². The lowest BCUT2D eigenvalue weighted by molar-refractivity contribution is 0.244. The summed E-state index contributed by atoms with van der Waals surface area (Å²) in [6.07, 6.45) is 3.03. The molecule has 2 aromatic rings. The first-order valence-electron chi connectivity index (χ1n) is 6.04. The molecule has 0 fully saturated rings. The lowest BCUT2D eigenvalue weighted by Gasteiger charge is -2.15. The molecule has 0 saturated carbocycles. The normalized spacial score (nSPS) is 11.5. The van der Waals surface area contributed by atoms with Gasteiger partial charge in [0.05, 0.1) is 0 Å². The number of hydrogen-bond acceptors (Lipinski definition) is 2. The van der Waals surface area contributed by atoms with Crippen LogP contribution < -0.4 is 0 Å². The Morgan fingerprint density at radius 1 is 1.29 bits per heavy atom. The molecule has 0 amide bonds. The van der Waals surface area contributed by atoms with Gasteiger partial charge in [-0.25, -0.2) is 0 Å². The van der Waals surface area contributed by atoms with Crippen molar-refractivity contribution in [1.82, 2.24) is 9.47 Å². The van der Waals surface area contributed by atoms with E-state index in [9.17, 15) is 0 Å². The van der Waals surface area contributed by atoms with E-state index in [-0.39, 0.29) is 6.61 Å². The van der Waals surface area contributed by atoms with Gasteiger partial charge in [0.2, 0.25) is 0 Å². The van der Waals surface area contributed by atoms with Crippen LogP contribution in [0.3, 0.4) is 0 Å². The summed E-state index contributed by atoms with van der Waals surface area (Å²) in [5, 5.41) is 10.2. The van der Waals surface area contributed by atoms with Crippen molar-refractivity contribution in [3.05, 3.63) is 36.0 Å². The van der Waals surface area contributed by atoms with Crippen LogP contribution >= 0.6 is 0 Å². The Balaban J connectivity index is 2.18. The SMILES string of the molecule is CN(CCCO)Cc1cn(C)c2ccccc12. The van der Waals surface area contributed by atoms with Crippen LogP contribution in [0.5, 0.6) is 0 Å². The van der Waals surface area contributed by atoms with E-state index in [1.165, 1.54) is 16.5 Å². The molecule has 1 aromatic carbocycles. The molecule has 0 spiro atoms. The number of hydrogen-bond donors (Lipinski definition) is 1. The number of aliphatic hydroxyl groups excluding tert-OH is 1. The van der Waals surface area contributed by atoms with Crippen molar-refractivity contribution in [1.29, 1.82) is 0 Å². The maximum Gasteiger partial charge on any atom is 0.0481 e. The molecule has 1 aromatic heterocycles. The van der Waals surface area contributed by atoms with E-state index in [1.807, 2.05) is 0 Å². The number of rotatable bonds is 5. The van der Waals surface area contributed by atoms with Crippen molar-refractivity contribution in [3.8, 4) is 0 Å². The largest absolute Gasteiger partial charge is 0.396 e. The van der Waals surface area contributed by atoms with Crippen LogP contribution in [-0.2, 0) is 13.6 Å². The molecule has 17 heavy (non-hydrogen) atoms. The monoisotopic (exact) mass is 232 g/mol. The van der Waals surface area contributed by atoms with Crippen molar-refractivity contribution in [2.45, 2.75) is 13.0 Å². The Hall–Kier alpha value is -1.32. The lowest BCUT2D eigenvalue weighted by atomic mass is 10.1. The Morgan fingerprint density at radius 3 is 2.82 bits per heavy atom. The maximum atomic E-state index is 8.83. The number of aliphatic hydroxyl groups is 1. The van der Waals surface area contributed by atoms with E-state index in [1.54, 1.807) is 0 Å². The summed E-state index contributed by atoms with van der Waals surface area (Å²) in [5.74, 6) is 0. The average Bonchev–Trinajstić information content (AvgIpc) is 2.65. The third-order valence-corrected chi connectivity index (χ3v) is 3.12. The summed E-state index contributed by atoms with van der Waals surface area (Å²) < 4.78 is 2.17. The summed E-state index contributed by atoms with van der Waals surface area (Å²) in [4.78, 5) is 2.25. The zero-order valence-corrected chi connectivity index (χ0v) is 10.6. The summed E-state index contributed by atoms with van der Waals surface area (Å²) in [6, 6.07) is 8.47. The van der Waals surface area contributed by atoms with Gasteiger partial charge in [-0.1, -0.05) is 18.2 Å². The summed E-state index contributed by atoms with van der Waals surface area (Å²) in [6.45, 7) is 2.13. The molecule has 3 nitrogen and oxygen atoms in total. The summed E-state index contributed by atoms with van der Waals surface area (Å²) in [5.41, 5.74) is 2.63. The molecule has 0 aliphatic carbocycles. The van der Waals surface area contributed by atoms with E-state index in [0.717, 1.165) is 19.5 Å². The van der Waals surface area contributed by atoms with Crippen LogP contribution in [0, 0.1) is 0 Å². The number of fused-ring (bicyclic) bond motifs is 1. The molecular formula is C14H20N2O. The molecule has 1 heterocycles. The molecule has 1 N–H and O–H groups in total. The molecule has 0 atom stereocenters. The van der Waals surface area contributed by atoms with Gasteiger partial charge in [0.1, 0.15) is 0 Å². The molecular weight excluding hydrogens is 212 g/mol. The Bertz CT molecular complexity index is 490. The van der Waals surface area contributed by atoms with Gasteiger partial charge in [-0.05, 0) is 25.1 Å². The molecule has 0 aliphatic rings. The smallest absolute Gasteiger partial charge is 0.0481 e. The van der Waals surface area contributed by atoms with Crippen LogP contribution in [-0.4, -0.2) is 34.8 Å². The molecule has 0 unspecified atom stereocenters. The first kappa shape index (κ1) is 12.1. The van der Waals surface area contributed by atoms with Gasteiger partial charge in [0.25, 0.3) is 0 Å². The van der Waals surface area contributed by atoms with Crippen molar-refractivity contribution >= 4 is 10.9 Å². The number of para-hydroxylation sites is 1. The summed E-state index contributed by atoms with van der Waals surface area (Å²) >= 11 is 0. The van der Waals surface area contributed by atoms with E-state index < -0.39 is 0 Å². The highest BCUT2D eigenvalue weighted by atomic mass is 16.3. The minimum atomic E-state index is 0.264. The molecule has 0 saturated heterocycles. The van der Waals surface area contributed by atoms with Crippen LogP contribution in [0.15, 0.2) is 30.5 Å². The Labute approximate surface area is 102 Å². The van der Waals surface area contributed by atoms with Gasteiger partial charge >= 0.3 is 0 Å². The van der Waals surface area contributed by atoms with Gasteiger partial charge in [-0.2, -0.15) is 0 Å². The predicted octanol–water partition coefficient (Wildman–Crippen LogP) is 1.99. The predicted molar refractivity (Wildman–Crippen MR) is 71.0 cm³/mol. The maximum absolute atomic E-state index is 8.83. The van der Waals surface area contributed by atoms with Gasteiger partial charge in [0, 0.05) is 43.8 Å². The zero-order chi connectivity index (χ0) is 12.3. The van der Waals surface area contributed by atoms with Crippen LogP contribution in [0.2, 0.25) is 0 Å². The number of benzene rings is 1. The van der Waals surface area contributed by atoms with Gasteiger partial charge in [0.15, 0.2) is 0 Å². The third kappa shape index (κ3) is 2.68. The Morgan fingerprint density at radius 2 is 2.06 bits per heavy atom. The van der Waals surface area contributed by atoms with Gasteiger partial charge in [-0.3, -0.25) is 0 Å². The average molecular weight is 232 g/mol. The minimum Gasteiger partial charge on any atom is -0.396 e. The highest BCUT2D eigenvalue weighted by molar-refractivity contribution is 5.83. The zero-order valence-electron chi connectivity index (χ0n) is 10.6. The van der Waals surface area contributed by atoms with Crippen molar-refractivity contribution < 1.29 is 5.11 Å². The standard InChI is InChI=1S/C14H20N2O/c1-15(8-5-9-17)10-12-11-16(2)14-7-4-3-6-13(12)14/h3-4,6-7,11,17H,5,8-10H2,1-2H3. The van der Waals surface area contributed by atoms with Crippen molar-refractivity contribution in [2.24, 2.45) is 7.05 Å². The fourth-order valence-electron chi connectivity index (χ4n) is 2.26. The molecule has 0 radical (unpaired) electrons. The van der Waals surface area contributed by atoms with E-state index in [0.29, 0.717) is 0 Å². The highest BCUT2D eigenvalue weighted by Gasteiger charge is 2.07. The van der Waals surface area contributed by atoms with Crippen LogP contribution in [0.4, 0.5) is 0 Å². The number of aromatic nitrogens is 1. The Kier molecular flexibility index (Phi) is 3.82. The van der Waals surface area contributed by atoms with E-state index in [2.05, 4.69) is 54.0 Å². The molecule has 0 bridgehead atoms. The molecule has 0 aliphatic heterocycles. The highest BCUT2D eigenvalue weighted by Crippen LogP contribution is 2.21. The molecule has 92 valence electrons. The van der Waals surface area contributed by atoms with Crippen LogP contribution in [0.1, 0.15) is 12.0 Å². The van der Waals surface area contributed by atoms with Gasteiger partial charge in [-0.15, -0.1) is 0 Å². The molecule has 3 heteroatoms. The van der Waals surface area contributed by atoms with E-state index in [4.69, 9.17) is 5.11 Å². The first-order chi connectivity index (χ1) is 8.22. The topological polar surface area (TPSA) is 28.4 Å². The number of aryl methyl sites for hydroxylation is 1. The second-order valence-electron chi connectivity index (χ2n) is 4.60. The van der Waals surface area contributed by atoms with Crippen LogP contribution in [0.25, 0.3) is 10.9 Å². The van der Waals surface area contributed by atoms with Crippen molar-refractivity contribution in [3.63, 3.8) is 0 Å². The fourth-order valence-corrected chi connectivity index (χ4v) is 2.26. The number of nitrogens with zero attached hydrogens (tertiary/aromatic N) is 2. The lowest BCUT2D eigenvalue weighted by Crippen LogP contribution is -2.19. The second kappa shape index (κ2) is 5.34. The molecule has 2 rings (SSSR count). The third-order valence-electron chi connectivity index (χ3n) is 3.12. The summed E-state index contributed by atoms with van der Waals surface area (Å²) in [7, 11) is 4.18. The van der Waals surface area contributed by atoms with Crippen molar-refractivity contribution in [2.75, 3.05) is 20.2 Å². The quantitative estimate of drug-likeness (QED) is 0.854. The fraction of sp³-hybridized carbons (Fsp3) is 0.429.